The van der Waals surface area contributed by atoms with Gasteiger partial charge in [0.2, 0.25) is 0 Å². The molecular weight excluding hydrogens is 364 g/mol. The summed E-state index contributed by atoms with van der Waals surface area (Å²) in [5.41, 5.74) is 8.87. The van der Waals surface area contributed by atoms with E-state index < -0.39 is 0 Å². The van der Waals surface area contributed by atoms with Crippen LogP contribution in [-0.4, -0.2) is 9.97 Å². The number of fused-ring (bicyclic) bond motifs is 3. The number of rotatable bonds is 2. The van der Waals surface area contributed by atoms with Gasteiger partial charge in [0.05, 0.1) is 5.69 Å². The Balaban J connectivity index is 1.86. The summed E-state index contributed by atoms with van der Waals surface area (Å²) in [7, 11) is 0. The summed E-state index contributed by atoms with van der Waals surface area (Å²) in [6.45, 7) is 4.24. The van der Waals surface area contributed by atoms with E-state index in [1.807, 2.05) is 24.3 Å². The Bertz CT molecular complexity index is 1310. The van der Waals surface area contributed by atoms with E-state index in [9.17, 15) is 0 Å². The highest BCUT2D eigenvalue weighted by atomic mass is 35.5. The number of halogens is 1. The number of aromatic amines is 1. The largest absolute Gasteiger partial charge is 0.339 e. The van der Waals surface area contributed by atoms with Crippen molar-refractivity contribution in [3.8, 4) is 22.4 Å². The average molecular weight is 383 g/mol. The van der Waals surface area contributed by atoms with E-state index in [1.54, 1.807) is 0 Å². The van der Waals surface area contributed by atoms with Crippen LogP contribution in [0.4, 0.5) is 0 Å². The molecule has 0 bridgehead atoms. The lowest BCUT2D eigenvalue weighted by Gasteiger charge is -2.09. The van der Waals surface area contributed by atoms with E-state index in [0.29, 0.717) is 0 Å². The Morgan fingerprint density at radius 3 is 2.18 bits per heavy atom. The lowest BCUT2D eigenvalue weighted by molar-refractivity contribution is 1.34. The lowest BCUT2D eigenvalue weighted by Crippen LogP contribution is -1.89. The Morgan fingerprint density at radius 1 is 0.750 bits per heavy atom. The van der Waals surface area contributed by atoms with Crippen LogP contribution in [0.2, 0.25) is 5.02 Å². The Labute approximate surface area is 168 Å². The monoisotopic (exact) mass is 382 g/mol. The topological polar surface area (TPSA) is 28.7 Å². The third kappa shape index (κ3) is 2.87. The van der Waals surface area contributed by atoms with Gasteiger partial charge >= 0.3 is 0 Å². The van der Waals surface area contributed by atoms with Gasteiger partial charge in [-0.15, -0.1) is 0 Å². The second-order valence-corrected chi connectivity index (χ2v) is 7.76. The van der Waals surface area contributed by atoms with Crippen LogP contribution < -0.4 is 0 Å². The molecule has 2 aromatic heterocycles. The first-order valence-electron chi connectivity index (χ1n) is 9.34. The number of aromatic nitrogens is 2. The third-order valence-electron chi connectivity index (χ3n) is 5.22. The number of nitrogens with zero attached hydrogens (tertiary/aromatic N) is 1. The maximum atomic E-state index is 6.08. The molecule has 3 heteroatoms. The third-order valence-corrected chi connectivity index (χ3v) is 5.47. The summed E-state index contributed by atoms with van der Waals surface area (Å²) in [4.78, 5) is 8.46. The summed E-state index contributed by atoms with van der Waals surface area (Å²) in [5, 5.41) is 3.10. The zero-order chi connectivity index (χ0) is 19.3. The molecule has 0 saturated heterocycles. The van der Waals surface area contributed by atoms with Gasteiger partial charge in [0.1, 0.15) is 5.65 Å². The van der Waals surface area contributed by atoms with Crippen molar-refractivity contribution in [1.29, 1.82) is 0 Å². The van der Waals surface area contributed by atoms with Gasteiger partial charge in [-0.1, -0.05) is 65.2 Å². The summed E-state index contributed by atoms with van der Waals surface area (Å²) in [6.07, 6.45) is 0. The van der Waals surface area contributed by atoms with Crippen LogP contribution >= 0.6 is 11.6 Å². The predicted molar refractivity (Wildman–Crippen MR) is 119 cm³/mol. The molecule has 0 aliphatic carbocycles. The average Bonchev–Trinajstić information content (AvgIpc) is 3.06. The predicted octanol–water partition coefficient (Wildman–Crippen LogP) is 7.32. The van der Waals surface area contributed by atoms with E-state index in [0.717, 1.165) is 27.4 Å². The van der Waals surface area contributed by atoms with Crippen molar-refractivity contribution < 1.29 is 0 Å². The normalized spacial score (nSPS) is 11.4. The number of hydrogen-bond acceptors (Lipinski definition) is 1. The van der Waals surface area contributed by atoms with Crippen LogP contribution in [0.3, 0.4) is 0 Å². The second-order valence-electron chi connectivity index (χ2n) is 7.33. The molecule has 3 aromatic carbocycles. The highest BCUT2D eigenvalue weighted by Crippen LogP contribution is 2.37. The summed E-state index contributed by atoms with van der Waals surface area (Å²) in [5.74, 6) is 0. The molecule has 28 heavy (non-hydrogen) atoms. The Kier molecular flexibility index (Phi) is 3.96. The number of pyridine rings is 1. The molecule has 2 heterocycles. The minimum absolute atomic E-state index is 0.727. The zero-order valence-electron chi connectivity index (χ0n) is 15.8. The van der Waals surface area contributed by atoms with Gasteiger partial charge in [0.15, 0.2) is 0 Å². The van der Waals surface area contributed by atoms with Gasteiger partial charge in [-0.25, -0.2) is 4.98 Å². The van der Waals surface area contributed by atoms with Gasteiger partial charge in [-0.2, -0.15) is 0 Å². The number of nitrogens with one attached hydrogen (secondary N) is 1. The van der Waals surface area contributed by atoms with Crippen molar-refractivity contribution in [2.24, 2.45) is 0 Å². The van der Waals surface area contributed by atoms with Crippen LogP contribution in [0, 0.1) is 13.8 Å². The smallest absolute Gasteiger partial charge is 0.139 e. The van der Waals surface area contributed by atoms with Gasteiger partial charge < -0.3 is 4.98 Å². The standard InChI is InChI=1S/C25H19ClN2/c1-15-3-6-17(7-4-15)20-14-23(18-8-10-19(26)11-9-18)28-25-24(20)21-13-16(2)5-12-22(21)27-25/h3-14H,1-2H3,(H,27,28). The second kappa shape index (κ2) is 6.50. The molecule has 0 amide bonds. The summed E-state index contributed by atoms with van der Waals surface area (Å²) >= 11 is 6.08. The van der Waals surface area contributed by atoms with Crippen LogP contribution in [0.25, 0.3) is 44.3 Å². The van der Waals surface area contributed by atoms with Crippen LogP contribution in [0.15, 0.2) is 72.8 Å². The summed E-state index contributed by atoms with van der Waals surface area (Å²) < 4.78 is 0. The van der Waals surface area contributed by atoms with E-state index in [1.165, 1.54) is 33.0 Å². The molecule has 0 saturated carbocycles. The molecule has 0 aliphatic rings. The number of hydrogen-bond donors (Lipinski definition) is 1. The molecule has 1 N–H and O–H groups in total. The Hall–Kier alpha value is -3.10. The van der Waals surface area contributed by atoms with E-state index in [-0.39, 0.29) is 0 Å². The number of benzene rings is 3. The number of H-pyrrole nitrogens is 1. The molecule has 136 valence electrons. The molecule has 0 atom stereocenters. The van der Waals surface area contributed by atoms with Gasteiger partial charge in [-0.05, 0) is 55.3 Å². The summed E-state index contributed by atoms with van der Waals surface area (Å²) in [6, 6.07) is 25.2. The fraction of sp³-hybridized carbons (Fsp3) is 0.0800. The minimum Gasteiger partial charge on any atom is -0.339 e. The van der Waals surface area contributed by atoms with Crippen molar-refractivity contribution in [2.45, 2.75) is 13.8 Å². The number of aryl methyl sites for hydroxylation is 2. The molecule has 0 aliphatic heterocycles. The maximum absolute atomic E-state index is 6.08. The molecule has 0 fully saturated rings. The maximum Gasteiger partial charge on any atom is 0.139 e. The van der Waals surface area contributed by atoms with E-state index in [2.05, 4.69) is 67.4 Å². The van der Waals surface area contributed by atoms with E-state index in [4.69, 9.17) is 16.6 Å². The molecule has 5 rings (SSSR count). The first-order valence-corrected chi connectivity index (χ1v) is 9.72. The van der Waals surface area contributed by atoms with Crippen LogP contribution in [0.1, 0.15) is 11.1 Å². The fourth-order valence-electron chi connectivity index (χ4n) is 3.74. The van der Waals surface area contributed by atoms with Crippen molar-refractivity contribution in [3.63, 3.8) is 0 Å². The molecular formula is C25H19ClN2. The first-order chi connectivity index (χ1) is 13.6. The van der Waals surface area contributed by atoms with Crippen LogP contribution in [-0.2, 0) is 0 Å². The zero-order valence-corrected chi connectivity index (χ0v) is 16.5. The lowest BCUT2D eigenvalue weighted by atomic mass is 9.97. The minimum atomic E-state index is 0.727. The quantitative estimate of drug-likeness (QED) is 0.340. The molecule has 0 spiro atoms. The molecule has 0 unspecified atom stereocenters. The SMILES string of the molecule is Cc1ccc(-c2cc(-c3ccc(Cl)cc3)nc3[nH]c4ccc(C)cc4c23)cc1. The van der Waals surface area contributed by atoms with Gasteiger partial charge in [0.25, 0.3) is 0 Å². The molecule has 0 radical (unpaired) electrons. The van der Waals surface area contributed by atoms with Crippen molar-refractivity contribution >= 4 is 33.5 Å². The fourth-order valence-corrected chi connectivity index (χ4v) is 3.86. The first kappa shape index (κ1) is 17.0. The van der Waals surface area contributed by atoms with Crippen molar-refractivity contribution in [2.75, 3.05) is 0 Å². The molecule has 5 aromatic rings. The van der Waals surface area contributed by atoms with Gasteiger partial charge in [0, 0.05) is 26.9 Å². The van der Waals surface area contributed by atoms with Gasteiger partial charge in [-0.3, -0.25) is 0 Å². The Morgan fingerprint density at radius 2 is 1.43 bits per heavy atom. The highest BCUT2D eigenvalue weighted by molar-refractivity contribution is 6.30. The van der Waals surface area contributed by atoms with Crippen LogP contribution in [0.5, 0.6) is 0 Å². The van der Waals surface area contributed by atoms with Crippen molar-refractivity contribution in [3.05, 3.63) is 88.9 Å². The molecule has 2 nitrogen and oxygen atoms in total. The highest BCUT2D eigenvalue weighted by Gasteiger charge is 2.15. The van der Waals surface area contributed by atoms with Crippen molar-refractivity contribution in [1.82, 2.24) is 9.97 Å². The van der Waals surface area contributed by atoms with E-state index >= 15 is 0 Å².